The van der Waals surface area contributed by atoms with Crippen LogP contribution in [-0.4, -0.2) is 5.11 Å². The van der Waals surface area contributed by atoms with Crippen LogP contribution in [0.4, 0.5) is 0 Å². The molecule has 1 N–H and O–H groups in total. The lowest BCUT2D eigenvalue weighted by molar-refractivity contribution is 0.282. The van der Waals surface area contributed by atoms with Crippen molar-refractivity contribution in [3.8, 4) is 11.1 Å². The van der Waals surface area contributed by atoms with E-state index in [-0.39, 0.29) is 6.61 Å². The van der Waals surface area contributed by atoms with Crippen LogP contribution in [0.25, 0.3) is 11.1 Å². The molecule has 1 heteroatoms. The Balaban J connectivity index is 0.000000606. The molecule has 0 fully saturated rings. The second-order valence-corrected chi connectivity index (χ2v) is 3.18. The lowest BCUT2D eigenvalue weighted by Gasteiger charge is -2.06. The van der Waals surface area contributed by atoms with E-state index in [4.69, 9.17) is 0 Å². The van der Waals surface area contributed by atoms with E-state index >= 15 is 0 Å². The van der Waals surface area contributed by atoms with Gasteiger partial charge >= 0.3 is 0 Å². The number of hydrogen-bond donors (Lipinski definition) is 1. The van der Waals surface area contributed by atoms with Crippen molar-refractivity contribution in [3.63, 3.8) is 0 Å². The Kier molecular flexibility index (Phi) is 5.30. The lowest BCUT2D eigenvalue weighted by Crippen LogP contribution is -1.87. The van der Waals surface area contributed by atoms with Gasteiger partial charge in [0.25, 0.3) is 0 Å². The monoisotopic (exact) mass is 214 g/mol. The fourth-order valence-corrected chi connectivity index (χ4v) is 1.56. The number of hydrogen-bond acceptors (Lipinski definition) is 1. The molecule has 16 heavy (non-hydrogen) atoms. The van der Waals surface area contributed by atoms with E-state index in [2.05, 4.69) is 12.1 Å². The van der Waals surface area contributed by atoms with E-state index in [1.54, 1.807) is 0 Å². The Hall–Kier alpha value is -1.60. The van der Waals surface area contributed by atoms with E-state index in [0.29, 0.717) is 0 Å². The van der Waals surface area contributed by atoms with Crippen molar-refractivity contribution in [1.82, 2.24) is 0 Å². The predicted octanol–water partition coefficient (Wildman–Crippen LogP) is 3.87. The topological polar surface area (TPSA) is 20.2 Å². The molecule has 1 nitrogen and oxygen atoms in total. The zero-order valence-electron chi connectivity index (χ0n) is 9.85. The molecule has 0 heterocycles. The third-order valence-corrected chi connectivity index (χ3v) is 2.27. The molecule has 2 aromatic carbocycles. The van der Waals surface area contributed by atoms with Crippen LogP contribution in [0.3, 0.4) is 0 Å². The van der Waals surface area contributed by atoms with E-state index in [1.807, 2.05) is 56.3 Å². The summed E-state index contributed by atoms with van der Waals surface area (Å²) in [6, 6.07) is 18.0. The normalized spacial score (nSPS) is 9.19. The lowest BCUT2D eigenvalue weighted by atomic mass is 10.0. The van der Waals surface area contributed by atoms with Gasteiger partial charge in [-0.15, -0.1) is 0 Å². The van der Waals surface area contributed by atoms with Crippen molar-refractivity contribution in [3.05, 3.63) is 60.2 Å². The van der Waals surface area contributed by atoms with Crippen LogP contribution in [0.1, 0.15) is 19.4 Å². The largest absolute Gasteiger partial charge is 0.392 e. The van der Waals surface area contributed by atoms with Crippen LogP contribution in [0.2, 0.25) is 0 Å². The molecule has 0 aliphatic heterocycles. The summed E-state index contributed by atoms with van der Waals surface area (Å²) in [6.45, 7) is 4.09. The Labute approximate surface area is 97.4 Å². The summed E-state index contributed by atoms with van der Waals surface area (Å²) in [6.07, 6.45) is 0. The van der Waals surface area contributed by atoms with E-state index in [0.717, 1.165) is 16.7 Å². The van der Waals surface area contributed by atoms with Crippen LogP contribution < -0.4 is 0 Å². The van der Waals surface area contributed by atoms with Gasteiger partial charge < -0.3 is 5.11 Å². The summed E-state index contributed by atoms with van der Waals surface area (Å²) in [5.74, 6) is 0. The van der Waals surface area contributed by atoms with Crippen LogP contribution in [0.15, 0.2) is 54.6 Å². The van der Waals surface area contributed by atoms with Crippen LogP contribution in [0, 0.1) is 0 Å². The van der Waals surface area contributed by atoms with E-state index in [9.17, 15) is 5.11 Å². The van der Waals surface area contributed by atoms with Gasteiger partial charge in [0.05, 0.1) is 6.61 Å². The van der Waals surface area contributed by atoms with Gasteiger partial charge in [-0.2, -0.15) is 0 Å². The first-order valence-electron chi connectivity index (χ1n) is 5.66. The molecule has 0 saturated heterocycles. The SMILES string of the molecule is CC.OCc1ccccc1-c1ccccc1. The first-order valence-corrected chi connectivity index (χ1v) is 5.66. The van der Waals surface area contributed by atoms with Gasteiger partial charge in [0.1, 0.15) is 0 Å². The third kappa shape index (κ3) is 2.94. The maximum Gasteiger partial charge on any atom is 0.0687 e. The third-order valence-electron chi connectivity index (χ3n) is 2.27. The predicted molar refractivity (Wildman–Crippen MR) is 69.1 cm³/mol. The molecular weight excluding hydrogens is 196 g/mol. The minimum absolute atomic E-state index is 0.0884. The van der Waals surface area contributed by atoms with Crippen molar-refractivity contribution in [2.45, 2.75) is 20.5 Å². The molecule has 84 valence electrons. The molecule has 0 aliphatic rings. The van der Waals surface area contributed by atoms with E-state index < -0.39 is 0 Å². The van der Waals surface area contributed by atoms with Crippen molar-refractivity contribution in [2.24, 2.45) is 0 Å². The molecule has 0 atom stereocenters. The number of aliphatic hydroxyl groups is 1. The van der Waals surface area contributed by atoms with Gasteiger partial charge in [-0.25, -0.2) is 0 Å². The number of aliphatic hydroxyl groups excluding tert-OH is 1. The molecule has 0 unspecified atom stereocenters. The second-order valence-electron chi connectivity index (χ2n) is 3.18. The Morgan fingerprint density at radius 2 is 1.38 bits per heavy atom. The zero-order valence-corrected chi connectivity index (χ0v) is 9.85. The Morgan fingerprint density at radius 3 is 2.00 bits per heavy atom. The minimum Gasteiger partial charge on any atom is -0.392 e. The molecular formula is C15H18O. The fourth-order valence-electron chi connectivity index (χ4n) is 1.56. The summed E-state index contributed by atoms with van der Waals surface area (Å²) in [4.78, 5) is 0. The average Bonchev–Trinajstić information content (AvgIpc) is 2.42. The first-order chi connectivity index (χ1) is 7.92. The summed E-state index contributed by atoms with van der Waals surface area (Å²) in [5.41, 5.74) is 3.23. The van der Waals surface area contributed by atoms with E-state index in [1.165, 1.54) is 0 Å². The maximum atomic E-state index is 9.18. The average molecular weight is 214 g/mol. The maximum absolute atomic E-state index is 9.18. The van der Waals surface area contributed by atoms with Gasteiger partial charge in [0, 0.05) is 0 Å². The fraction of sp³-hybridized carbons (Fsp3) is 0.200. The summed E-state index contributed by atoms with van der Waals surface area (Å²) < 4.78 is 0. The highest BCUT2D eigenvalue weighted by Crippen LogP contribution is 2.22. The number of rotatable bonds is 2. The number of benzene rings is 2. The van der Waals surface area contributed by atoms with Crippen LogP contribution in [-0.2, 0) is 6.61 Å². The molecule has 0 aromatic heterocycles. The standard InChI is InChI=1S/C13H12O.C2H6/c14-10-12-8-4-5-9-13(12)11-6-2-1-3-7-11;1-2/h1-9,14H,10H2;1-2H3. The highest BCUT2D eigenvalue weighted by molar-refractivity contribution is 5.66. The second kappa shape index (κ2) is 6.81. The van der Waals surface area contributed by atoms with Gasteiger partial charge in [-0.3, -0.25) is 0 Å². The van der Waals surface area contributed by atoms with Gasteiger partial charge in [-0.1, -0.05) is 68.4 Å². The molecule has 2 aromatic rings. The molecule has 0 radical (unpaired) electrons. The van der Waals surface area contributed by atoms with Crippen molar-refractivity contribution in [2.75, 3.05) is 0 Å². The summed E-state index contributed by atoms with van der Waals surface area (Å²) >= 11 is 0. The summed E-state index contributed by atoms with van der Waals surface area (Å²) in [7, 11) is 0. The molecule has 2 rings (SSSR count). The zero-order chi connectivity index (χ0) is 11.8. The van der Waals surface area contributed by atoms with Crippen LogP contribution >= 0.6 is 0 Å². The first kappa shape index (κ1) is 12.5. The smallest absolute Gasteiger partial charge is 0.0687 e. The molecule has 0 saturated carbocycles. The molecule has 0 bridgehead atoms. The van der Waals surface area contributed by atoms with Crippen LogP contribution in [0.5, 0.6) is 0 Å². The van der Waals surface area contributed by atoms with Gasteiger partial charge in [0.2, 0.25) is 0 Å². The molecule has 0 spiro atoms. The Bertz CT molecular complexity index is 407. The minimum atomic E-state index is 0.0884. The highest BCUT2D eigenvalue weighted by Gasteiger charge is 2.01. The highest BCUT2D eigenvalue weighted by atomic mass is 16.3. The van der Waals surface area contributed by atoms with Crippen molar-refractivity contribution in [1.29, 1.82) is 0 Å². The summed E-state index contributed by atoms with van der Waals surface area (Å²) in [5, 5.41) is 9.18. The molecule has 0 amide bonds. The Morgan fingerprint density at radius 1 is 0.812 bits per heavy atom. The van der Waals surface area contributed by atoms with Crippen molar-refractivity contribution >= 4 is 0 Å². The molecule has 0 aliphatic carbocycles. The van der Waals surface area contributed by atoms with Crippen molar-refractivity contribution < 1.29 is 5.11 Å². The van der Waals surface area contributed by atoms with Gasteiger partial charge in [0.15, 0.2) is 0 Å². The van der Waals surface area contributed by atoms with Gasteiger partial charge in [-0.05, 0) is 16.7 Å². The quantitative estimate of drug-likeness (QED) is 0.804.